The molecule has 1 atom stereocenters. The van der Waals surface area contributed by atoms with E-state index in [0.717, 1.165) is 38.1 Å². The van der Waals surface area contributed by atoms with Crippen LogP contribution in [-0.2, 0) is 11.8 Å². The maximum Gasteiger partial charge on any atom is 0.0947 e. The first-order chi connectivity index (χ1) is 7.77. The van der Waals surface area contributed by atoms with E-state index in [2.05, 4.69) is 23.4 Å². The van der Waals surface area contributed by atoms with Crippen LogP contribution >= 0.6 is 0 Å². The van der Waals surface area contributed by atoms with E-state index in [1.807, 2.05) is 17.9 Å². The number of hydrogen-bond acceptors (Lipinski definition) is 3. The molecule has 1 unspecified atom stereocenters. The zero-order valence-electron chi connectivity index (χ0n) is 10.6. The van der Waals surface area contributed by atoms with Crippen LogP contribution in [0.1, 0.15) is 37.9 Å². The summed E-state index contributed by atoms with van der Waals surface area (Å²) >= 11 is 0. The Hall–Kier alpha value is -0.870. The zero-order valence-corrected chi connectivity index (χ0v) is 10.6. The fourth-order valence-electron chi connectivity index (χ4n) is 1.72. The summed E-state index contributed by atoms with van der Waals surface area (Å²) in [7, 11) is 3.75. The lowest BCUT2D eigenvalue weighted by Crippen LogP contribution is -2.22. The fraction of sp³-hybridized carbons (Fsp3) is 0.750. The molecule has 92 valence electrons. The van der Waals surface area contributed by atoms with Gasteiger partial charge < -0.3 is 14.6 Å². The minimum Gasteiger partial charge on any atom is -0.385 e. The van der Waals surface area contributed by atoms with E-state index >= 15 is 0 Å². The van der Waals surface area contributed by atoms with Crippen LogP contribution in [0.2, 0.25) is 0 Å². The van der Waals surface area contributed by atoms with E-state index < -0.39 is 0 Å². The van der Waals surface area contributed by atoms with Crippen molar-refractivity contribution in [2.75, 3.05) is 20.3 Å². The van der Waals surface area contributed by atoms with Crippen molar-refractivity contribution in [1.82, 2.24) is 14.9 Å². The molecule has 1 aromatic rings. The van der Waals surface area contributed by atoms with E-state index in [9.17, 15) is 0 Å². The van der Waals surface area contributed by atoms with E-state index in [0.29, 0.717) is 6.04 Å². The van der Waals surface area contributed by atoms with Crippen molar-refractivity contribution in [1.29, 1.82) is 0 Å². The molecular weight excluding hydrogens is 202 g/mol. The predicted molar refractivity (Wildman–Crippen MR) is 65.4 cm³/mol. The molecule has 1 rings (SSSR count). The molecule has 0 aliphatic carbocycles. The lowest BCUT2D eigenvalue weighted by atomic mass is 10.1. The van der Waals surface area contributed by atoms with E-state index in [1.54, 1.807) is 7.11 Å². The molecule has 0 spiro atoms. The van der Waals surface area contributed by atoms with Crippen LogP contribution < -0.4 is 5.32 Å². The Labute approximate surface area is 98.0 Å². The van der Waals surface area contributed by atoms with Gasteiger partial charge >= 0.3 is 0 Å². The number of methoxy groups -OCH3 is 1. The molecule has 0 aliphatic rings. The Bertz CT molecular complexity index is 286. The van der Waals surface area contributed by atoms with Crippen LogP contribution in [0.5, 0.6) is 0 Å². The monoisotopic (exact) mass is 225 g/mol. The zero-order chi connectivity index (χ0) is 11.8. The number of nitrogens with one attached hydrogen (secondary N) is 1. The molecule has 1 aromatic heterocycles. The maximum atomic E-state index is 5.08. The molecule has 0 fully saturated rings. The Morgan fingerprint density at radius 1 is 1.56 bits per heavy atom. The number of hydrogen-bond donors (Lipinski definition) is 1. The van der Waals surface area contributed by atoms with Crippen molar-refractivity contribution in [2.24, 2.45) is 7.05 Å². The molecule has 0 aromatic carbocycles. The number of aromatic nitrogens is 2. The summed E-state index contributed by atoms with van der Waals surface area (Å²) in [5.41, 5.74) is 1.13. The number of aryl methyl sites for hydroxylation is 1. The normalized spacial score (nSPS) is 12.9. The van der Waals surface area contributed by atoms with Gasteiger partial charge in [0.2, 0.25) is 0 Å². The van der Waals surface area contributed by atoms with Gasteiger partial charge in [0, 0.05) is 27.0 Å². The van der Waals surface area contributed by atoms with Crippen molar-refractivity contribution < 1.29 is 4.74 Å². The number of rotatable bonds is 8. The lowest BCUT2D eigenvalue weighted by molar-refractivity contribution is 0.188. The van der Waals surface area contributed by atoms with Crippen molar-refractivity contribution >= 4 is 0 Å². The molecule has 4 heteroatoms. The number of imidazole rings is 1. The molecule has 0 saturated carbocycles. The van der Waals surface area contributed by atoms with Gasteiger partial charge in [-0.1, -0.05) is 6.92 Å². The molecule has 0 bridgehead atoms. The molecule has 16 heavy (non-hydrogen) atoms. The van der Waals surface area contributed by atoms with E-state index in [4.69, 9.17) is 4.74 Å². The number of nitrogens with zero attached hydrogens (tertiary/aromatic N) is 2. The molecule has 4 nitrogen and oxygen atoms in total. The average molecular weight is 225 g/mol. The first kappa shape index (κ1) is 13.2. The van der Waals surface area contributed by atoms with Crippen LogP contribution in [0.25, 0.3) is 0 Å². The van der Waals surface area contributed by atoms with Crippen molar-refractivity contribution in [3.8, 4) is 0 Å². The van der Waals surface area contributed by atoms with E-state index in [-0.39, 0.29) is 0 Å². The highest BCUT2D eigenvalue weighted by Gasteiger charge is 2.12. The van der Waals surface area contributed by atoms with Gasteiger partial charge in [0.25, 0.3) is 0 Å². The standard InChI is InChI=1S/C12H23N3O/c1-4-7-13-11(6-5-8-16-3)12-9-15(2)10-14-12/h9-11,13H,4-8H2,1-3H3. The van der Waals surface area contributed by atoms with Crippen LogP contribution in [0.3, 0.4) is 0 Å². The van der Waals surface area contributed by atoms with Gasteiger partial charge in [-0.25, -0.2) is 4.98 Å². The summed E-state index contributed by atoms with van der Waals surface area (Å²) in [4.78, 5) is 4.41. The second kappa shape index (κ2) is 7.41. The highest BCUT2D eigenvalue weighted by Crippen LogP contribution is 2.16. The fourth-order valence-corrected chi connectivity index (χ4v) is 1.72. The van der Waals surface area contributed by atoms with Crippen LogP contribution in [0, 0.1) is 0 Å². The molecule has 1 N–H and O–H groups in total. The minimum atomic E-state index is 0.358. The largest absolute Gasteiger partial charge is 0.385 e. The average Bonchev–Trinajstić information content (AvgIpc) is 2.70. The maximum absolute atomic E-state index is 5.08. The summed E-state index contributed by atoms with van der Waals surface area (Å²) in [5, 5.41) is 3.53. The van der Waals surface area contributed by atoms with Gasteiger partial charge in [0.05, 0.1) is 18.1 Å². The smallest absolute Gasteiger partial charge is 0.0947 e. The van der Waals surface area contributed by atoms with Crippen LogP contribution in [0.4, 0.5) is 0 Å². The Morgan fingerprint density at radius 2 is 2.38 bits per heavy atom. The minimum absolute atomic E-state index is 0.358. The highest BCUT2D eigenvalue weighted by atomic mass is 16.5. The quantitative estimate of drug-likeness (QED) is 0.687. The topological polar surface area (TPSA) is 39.1 Å². The van der Waals surface area contributed by atoms with Gasteiger partial charge in [0.1, 0.15) is 0 Å². The van der Waals surface area contributed by atoms with Gasteiger partial charge in [0.15, 0.2) is 0 Å². The summed E-state index contributed by atoms with van der Waals surface area (Å²) in [6.07, 6.45) is 7.22. The van der Waals surface area contributed by atoms with Crippen molar-refractivity contribution in [3.05, 3.63) is 18.2 Å². The van der Waals surface area contributed by atoms with Gasteiger partial charge in [-0.15, -0.1) is 0 Å². The highest BCUT2D eigenvalue weighted by molar-refractivity contribution is 5.03. The second-order valence-electron chi connectivity index (χ2n) is 4.11. The first-order valence-electron chi connectivity index (χ1n) is 5.98. The lowest BCUT2D eigenvalue weighted by Gasteiger charge is -2.16. The predicted octanol–water partition coefficient (Wildman–Crippen LogP) is 1.89. The van der Waals surface area contributed by atoms with Gasteiger partial charge in [-0.2, -0.15) is 0 Å². The second-order valence-corrected chi connectivity index (χ2v) is 4.11. The molecule has 0 aliphatic heterocycles. The SMILES string of the molecule is CCCNC(CCCOC)c1cn(C)cn1. The van der Waals surface area contributed by atoms with Gasteiger partial charge in [-0.3, -0.25) is 0 Å². The summed E-state index contributed by atoms with van der Waals surface area (Å²) < 4.78 is 7.08. The third kappa shape index (κ3) is 4.33. The third-order valence-electron chi connectivity index (χ3n) is 2.56. The molecule has 0 amide bonds. The van der Waals surface area contributed by atoms with Crippen molar-refractivity contribution in [2.45, 2.75) is 32.2 Å². The Morgan fingerprint density at radius 3 is 2.94 bits per heavy atom. The van der Waals surface area contributed by atoms with Gasteiger partial charge in [-0.05, 0) is 25.8 Å². The first-order valence-corrected chi connectivity index (χ1v) is 5.98. The number of ether oxygens (including phenoxy) is 1. The molecule has 0 saturated heterocycles. The van der Waals surface area contributed by atoms with Crippen LogP contribution in [0.15, 0.2) is 12.5 Å². The Kier molecular flexibility index (Phi) is 6.11. The third-order valence-corrected chi connectivity index (χ3v) is 2.56. The van der Waals surface area contributed by atoms with Crippen molar-refractivity contribution in [3.63, 3.8) is 0 Å². The van der Waals surface area contributed by atoms with Crippen LogP contribution in [-0.4, -0.2) is 29.8 Å². The summed E-state index contributed by atoms with van der Waals surface area (Å²) in [6, 6.07) is 0.358. The summed E-state index contributed by atoms with van der Waals surface area (Å²) in [5.74, 6) is 0. The Balaban J connectivity index is 2.49. The summed E-state index contributed by atoms with van der Waals surface area (Å²) in [6.45, 7) is 4.03. The molecule has 0 radical (unpaired) electrons. The molecule has 1 heterocycles. The van der Waals surface area contributed by atoms with E-state index in [1.165, 1.54) is 0 Å². The molecular formula is C12H23N3O.